The molecule has 1 aromatic heterocycles. The van der Waals surface area contributed by atoms with Gasteiger partial charge in [0.2, 0.25) is 0 Å². The molecular formula is C10H10BrN5S. The molecule has 0 bridgehead atoms. The highest BCUT2D eigenvalue weighted by molar-refractivity contribution is 9.10. The third kappa shape index (κ3) is 2.50. The largest absolute Gasteiger partial charge is 0.384 e. The topological polar surface area (TPSA) is 80.6 Å². The van der Waals surface area contributed by atoms with Gasteiger partial charge in [-0.3, -0.25) is 5.41 Å². The summed E-state index contributed by atoms with van der Waals surface area (Å²) in [4.78, 5) is 5.01. The molecule has 0 fully saturated rings. The second-order valence-electron chi connectivity index (χ2n) is 3.29. The maximum absolute atomic E-state index is 7.59. The predicted molar refractivity (Wildman–Crippen MR) is 70.3 cm³/mol. The first-order valence-corrected chi connectivity index (χ1v) is 6.35. The van der Waals surface area contributed by atoms with Crippen LogP contribution in [0.25, 0.3) is 0 Å². The van der Waals surface area contributed by atoms with Gasteiger partial charge in [0, 0.05) is 22.0 Å². The van der Waals surface area contributed by atoms with Crippen molar-refractivity contribution < 1.29 is 0 Å². The molecule has 17 heavy (non-hydrogen) atoms. The molecule has 0 spiro atoms. The Hall–Kier alpha value is -1.34. The number of hydrogen-bond acceptors (Lipinski definition) is 4. The average molecular weight is 312 g/mol. The zero-order chi connectivity index (χ0) is 12.4. The van der Waals surface area contributed by atoms with Crippen molar-refractivity contribution in [2.45, 2.75) is 10.1 Å². The molecule has 5 nitrogen and oxygen atoms in total. The Morgan fingerprint density at radius 3 is 2.88 bits per heavy atom. The number of nitrogens with zero attached hydrogens (tertiary/aromatic N) is 3. The molecular weight excluding hydrogens is 302 g/mol. The predicted octanol–water partition coefficient (Wildman–Crippen LogP) is 2.01. The molecule has 2 aromatic rings. The van der Waals surface area contributed by atoms with Crippen LogP contribution in [0.2, 0.25) is 0 Å². The molecule has 0 atom stereocenters. The molecule has 0 aliphatic heterocycles. The van der Waals surface area contributed by atoms with Crippen LogP contribution in [0.3, 0.4) is 0 Å². The van der Waals surface area contributed by atoms with Crippen LogP contribution in [0, 0.1) is 5.41 Å². The van der Waals surface area contributed by atoms with Crippen molar-refractivity contribution >= 4 is 33.5 Å². The third-order valence-corrected chi connectivity index (χ3v) is 3.89. The van der Waals surface area contributed by atoms with Crippen molar-refractivity contribution in [1.82, 2.24) is 14.8 Å². The Balaban J connectivity index is 2.43. The second-order valence-corrected chi connectivity index (χ2v) is 5.16. The molecule has 88 valence electrons. The summed E-state index contributed by atoms with van der Waals surface area (Å²) in [6, 6.07) is 5.66. The molecule has 0 aliphatic carbocycles. The third-order valence-electron chi connectivity index (χ3n) is 2.12. The molecule has 0 aliphatic rings. The number of benzene rings is 1. The van der Waals surface area contributed by atoms with Gasteiger partial charge in [-0.15, -0.1) is 0 Å². The first-order valence-electron chi connectivity index (χ1n) is 4.74. The monoisotopic (exact) mass is 311 g/mol. The van der Waals surface area contributed by atoms with Gasteiger partial charge in [-0.1, -0.05) is 6.07 Å². The summed E-state index contributed by atoms with van der Waals surface area (Å²) in [5, 5.41) is 12.3. The quantitative estimate of drug-likeness (QED) is 0.671. The van der Waals surface area contributed by atoms with Crippen molar-refractivity contribution in [2.24, 2.45) is 12.8 Å². The van der Waals surface area contributed by atoms with Gasteiger partial charge in [0.1, 0.15) is 12.2 Å². The van der Waals surface area contributed by atoms with E-state index in [1.807, 2.05) is 25.2 Å². The van der Waals surface area contributed by atoms with Crippen LogP contribution in [0.4, 0.5) is 0 Å². The Kier molecular flexibility index (Phi) is 3.49. The van der Waals surface area contributed by atoms with E-state index in [1.165, 1.54) is 18.1 Å². The highest BCUT2D eigenvalue weighted by atomic mass is 79.9. The van der Waals surface area contributed by atoms with Gasteiger partial charge < -0.3 is 5.73 Å². The average Bonchev–Trinajstić information content (AvgIpc) is 2.64. The standard InChI is InChI=1S/C10H10BrN5S/c1-16-10(14-5-15-16)17-7-4-2-3-6(11)8(7)9(12)13/h2-5H,1H3,(H3,12,13). The van der Waals surface area contributed by atoms with Crippen molar-refractivity contribution in [1.29, 1.82) is 5.41 Å². The minimum Gasteiger partial charge on any atom is -0.384 e. The summed E-state index contributed by atoms with van der Waals surface area (Å²) in [7, 11) is 1.82. The molecule has 0 saturated heterocycles. The van der Waals surface area contributed by atoms with Crippen molar-refractivity contribution in [3.8, 4) is 0 Å². The molecule has 0 radical (unpaired) electrons. The number of nitrogen functional groups attached to an aromatic ring is 1. The number of nitrogens with one attached hydrogen (secondary N) is 1. The van der Waals surface area contributed by atoms with E-state index in [2.05, 4.69) is 26.0 Å². The summed E-state index contributed by atoms with van der Waals surface area (Å²) in [6.45, 7) is 0. The van der Waals surface area contributed by atoms with Crippen molar-refractivity contribution in [3.05, 3.63) is 34.6 Å². The van der Waals surface area contributed by atoms with Gasteiger partial charge in [-0.05, 0) is 39.8 Å². The zero-order valence-electron chi connectivity index (χ0n) is 9.01. The summed E-state index contributed by atoms with van der Waals surface area (Å²) >= 11 is 4.82. The van der Waals surface area contributed by atoms with Gasteiger partial charge in [0.25, 0.3) is 0 Å². The van der Waals surface area contributed by atoms with Crippen LogP contribution in [0.1, 0.15) is 5.56 Å². The van der Waals surface area contributed by atoms with E-state index in [0.29, 0.717) is 5.56 Å². The lowest BCUT2D eigenvalue weighted by Gasteiger charge is -2.08. The minimum absolute atomic E-state index is 0.0298. The van der Waals surface area contributed by atoms with E-state index >= 15 is 0 Å². The lowest BCUT2D eigenvalue weighted by atomic mass is 10.2. The minimum atomic E-state index is 0.0298. The van der Waals surface area contributed by atoms with Crippen LogP contribution in [-0.2, 0) is 7.05 Å². The molecule has 2 rings (SSSR count). The summed E-state index contributed by atoms with van der Waals surface area (Å²) < 4.78 is 2.48. The number of nitrogens with two attached hydrogens (primary N) is 1. The molecule has 0 saturated carbocycles. The van der Waals surface area contributed by atoms with Crippen LogP contribution in [-0.4, -0.2) is 20.6 Å². The zero-order valence-corrected chi connectivity index (χ0v) is 11.4. The fourth-order valence-electron chi connectivity index (χ4n) is 1.33. The number of halogens is 1. The van der Waals surface area contributed by atoms with E-state index in [4.69, 9.17) is 11.1 Å². The highest BCUT2D eigenvalue weighted by Gasteiger charge is 2.12. The van der Waals surface area contributed by atoms with Gasteiger partial charge in [0.05, 0.1) is 0 Å². The van der Waals surface area contributed by atoms with E-state index in [9.17, 15) is 0 Å². The van der Waals surface area contributed by atoms with Crippen molar-refractivity contribution in [2.75, 3.05) is 0 Å². The number of aryl methyl sites for hydroxylation is 1. The molecule has 3 N–H and O–H groups in total. The number of amidine groups is 1. The van der Waals surface area contributed by atoms with E-state index in [1.54, 1.807) is 4.68 Å². The summed E-state index contributed by atoms with van der Waals surface area (Å²) in [5.74, 6) is 0.0298. The summed E-state index contributed by atoms with van der Waals surface area (Å²) in [6.07, 6.45) is 1.49. The second kappa shape index (κ2) is 4.89. The van der Waals surface area contributed by atoms with Crippen LogP contribution >= 0.6 is 27.7 Å². The SMILES string of the molecule is Cn1ncnc1Sc1cccc(Br)c1C(=N)N. The van der Waals surface area contributed by atoms with Crippen molar-refractivity contribution in [3.63, 3.8) is 0 Å². The van der Waals surface area contributed by atoms with Gasteiger partial charge in [-0.2, -0.15) is 5.10 Å². The maximum atomic E-state index is 7.59. The van der Waals surface area contributed by atoms with E-state index in [-0.39, 0.29) is 5.84 Å². The molecule has 0 unspecified atom stereocenters. The fourth-order valence-corrected chi connectivity index (χ4v) is 2.98. The highest BCUT2D eigenvalue weighted by Crippen LogP contribution is 2.32. The fraction of sp³-hybridized carbons (Fsp3) is 0.100. The smallest absolute Gasteiger partial charge is 0.190 e. The van der Waals surface area contributed by atoms with Gasteiger partial charge >= 0.3 is 0 Å². The van der Waals surface area contributed by atoms with Crippen LogP contribution in [0.15, 0.2) is 39.1 Å². The Morgan fingerprint density at radius 1 is 1.53 bits per heavy atom. The number of hydrogen-bond donors (Lipinski definition) is 2. The van der Waals surface area contributed by atoms with Crippen LogP contribution < -0.4 is 5.73 Å². The Morgan fingerprint density at radius 2 is 2.29 bits per heavy atom. The lowest BCUT2D eigenvalue weighted by molar-refractivity contribution is 0.685. The lowest BCUT2D eigenvalue weighted by Crippen LogP contribution is -2.13. The Bertz CT molecular complexity index is 566. The Labute approximate surface area is 111 Å². The number of rotatable bonds is 3. The maximum Gasteiger partial charge on any atom is 0.190 e. The van der Waals surface area contributed by atoms with Gasteiger partial charge in [-0.25, -0.2) is 9.67 Å². The van der Waals surface area contributed by atoms with E-state index in [0.717, 1.165) is 14.5 Å². The molecule has 1 aromatic carbocycles. The molecule has 7 heteroatoms. The molecule has 0 amide bonds. The molecule has 1 heterocycles. The number of aromatic nitrogens is 3. The first-order chi connectivity index (χ1) is 8.09. The van der Waals surface area contributed by atoms with Crippen LogP contribution in [0.5, 0.6) is 0 Å². The first kappa shape index (κ1) is 12.1. The normalized spacial score (nSPS) is 10.5. The summed E-state index contributed by atoms with van der Waals surface area (Å²) in [5.41, 5.74) is 6.26. The van der Waals surface area contributed by atoms with E-state index < -0.39 is 0 Å². The van der Waals surface area contributed by atoms with Gasteiger partial charge in [0.15, 0.2) is 5.16 Å².